The van der Waals surface area contributed by atoms with E-state index in [-0.39, 0.29) is 0 Å². The van der Waals surface area contributed by atoms with Gasteiger partial charge in [0.2, 0.25) is 0 Å². The maximum absolute atomic E-state index is 14.5. The molecule has 2 aromatic rings. The third-order valence-corrected chi connectivity index (χ3v) is 5.82. The lowest BCUT2D eigenvalue weighted by Gasteiger charge is -2.29. The van der Waals surface area contributed by atoms with Gasteiger partial charge >= 0.3 is 5.97 Å². The van der Waals surface area contributed by atoms with Gasteiger partial charge in [0, 0.05) is 11.3 Å². The van der Waals surface area contributed by atoms with E-state index in [4.69, 9.17) is 4.74 Å². The molecule has 1 saturated carbocycles. The van der Waals surface area contributed by atoms with E-state index in [1.54, 1.807) is 25.1 Å². The maximum atomic E-state index is 14.5. The molecule has 1 aliphatic carbocycles. The van der Waals surface area contributed by atoms with Crippen LogP contribution < -0.4 is 5.32 Å². The monoisotopic (exact) mass is 397 g/mol. The van der Waals surface area contributed by atoms with Crippen molar-refractivity contribution in [2.24, 2.45) is 0 Å². The summed E-state index contributed by atoms with van der Waals surface area (Å²) in [4.78, 5) is 25.8. The average Bonchev–Trinajstić information content (AvgIpc) is 3.15. The van der Waals surface area contributed by atoms with Gasteiger partial charge in [0.05, 0.1) is 5.41 Å². The van der Waals surface area contributed by atoms with Crippen LogP contribution in [0.1, 0.15) is 54.9 Å². The van der Waals surface area contributed by atoms with Crippen LogP contribution in [0.3, 0.4) is 0 Å². The number of ether oxygens (including phenoxy) is 1. The number of hydrogen-bond donors (Lipinski definition) is 1. The molecular weight excluding hydrogens is 369 g/mol. The highest BCUT2D eigenvalue weighted by Gasteiger charge is 2.46. The van der Waals surface area contributed by atoms with Crippen LogP contribution in [0, 0.1) is 26.6 Å². The number of benzene rings is 2. The Morgan fingerprint density at radius 3 is 2.24 bits per heavy atom. The fourth-order valence-corrected chi connectivity index (χ4v) is 4.34. The molecule has 0 heterocycles. The van der Waals surface area contributed by atoms with Crippen molar-refractivity contribution >= 4 is 17.6 Å². The Morgan fingerprint density at radius 2 is 1.66 bits per heavy atom. The first-order valence-electron chi connectivity index (χ1n) is 10.1. The molecule has 1 amide bonds. The number of hydrogen-bond acceptors (Lipinski definition) is 3. The minimum Gasteiger partial charge on any atom is -0.452 e. The van der Waals surface area contributed by atoms with E-state index < -0.39 is 29.2 Å². The lowest BCUT2D eigenvalue weighted by atomic mass is 9.78. The number of anilines is 1. The highest BCUT2D eigenvalue weighted by molar-refractivity contribution is 5.97. The number of aryl methyl sites for hydroxylation is 3. The second-order valence-corrected chi connectivity index (χ2v) is 8.08. The summed E-state index contributed by atoms with van der Waals surface area (Å²) in [6.45, 7) is 7.41. The Hall–Kier alpha value is -2.69. The van der Waals surface area contributed by atoms with Crippen LogP contribution in [0.25, 0.3) is 0 Å². The summed E-state index contributed by atoms with van der Waals surface area (Å²) >= 11 is 0. The highest BCUT2D eigenvalue weighted by Crippen LogP contribution is 2.43. The van der Waals surface area contributed by atoms with E-state index in [2.05, 4.69) is 5.32 Å². The van der Waals surface area contributed by atoms with Gasteiger partial charge in [0.1, 0.15) is 5.82 Å². The predicted octanol–water partition coefficient (Wildman–Crippen LogP) is 5.13. The van der Waals surface area contributed by atoms with Crippen molar-refractivity contribution in [2.75, 3.05) is 5.32 Å². The summed E-state index contributed by atoms with van der Waals surface area (Å²) in [5.74, 6) is -1.33. The van der Waals surface area contributed by atoms with Crippen LogP contribution in [0.4, 0.5) is 10.1 Å². The van der Waals surface area contributed by atoms with Crippen LogP contribution in [-0.4, -0.2) is 18.0 Å². The van der Waals surface area contributed by atoms with E-state index >= 15 is 0 Å². The Labute approximate surface area is 171 Å². The van der Waals surface area contributed by atoms with E-state index in [9.17, 15) is 14.0 Å². The molecule has 0 spiro atoms. The topological polar surface area (TPSA) is 55.4 Å². The minimum atomic E-state index is -1.02. The summed E-state index contributed by atoms with van der Waals surface area (Å²) < 4.78 is 20.0. The fraction of sp³-hybridized carbons (Fsp3) is 0.417. The highest BCUT2D eigenvalue weighted by atomic mass is 19.1. The second kappa shape index (κ2) is 8.36. The van der Waals surface area contributed by atoms with E-state index in [0.29, 0.717) is 18.4 Å². The molecule has 0 radical (unpaired) electrons. The van der Waals surface area contributed by atoms with Crippen molar-refractivity contribution in [1.82, 2.24) is 0 Å². The summed E-state index contributed by atoms with van der Waals surface area (Å²) in [6, 6.07) is 10.3. The van der Waals surface area contributed by atoms with Crippen molar-refractivity contribution in [3.63, 3.8) is 0 Å². The number of nitrogens with one attached hydrogen (secondary N) is 1. The molecule has 5 heteroatoms. The molecule has 0 aromatic heterocycles. The number of halogens is 1. The minimum absolute atomic E-state index is 0.361. The molecule has 0 aliphatic heterocycles. The van der Waals surface area contributed by atoms with Gasteiger partial charge in [0.15, 0.2) is 6.10 Å². The van der Waals surface area contributed by atoms with E-state index in [1.807, 2.05) is 32.9 Å². The molecule has 1 atom stereocenters. The predicted molar refractivity (Wildman–Crippen MR) is 111 cm³/mol. The molecule has 0 unspecified atom stereocenters. The lowest BCUT2D eigenvalue weighted by molar-refractivity contribution is -0.159. The first-order valence-corrected chi connectivity index (χ1v) is 10.1. The Morgan fingerprint density at radius 1 is 1.07 bits per heavy atom. The van der Waals surface area contributed by atoms with Gasteiger partial charge in [-0.2, -0.15) is 0 Å². The van der Waals surface area contributed by atoms with Crippen LogP contribution in [0.5, 0.6) is 0 Å². The lowest BCUT2D eigenvalue weighted by Crippen LogP contribution is -2.40. The van der Waals surface area contributed by atoms with Crippen LogP contribution in [-0.2, 0) is 19.7 Å². The molecule has 0 bridgehead atoms. The second-order valence-electron chi connectivity index (χ2n) is 8.08. The normalized spacial score (nSPS) is 16.3. The SMILES string of the molecule is Cc1cc(C)c(NC(=O)[C@@H](C)OC(=O)C2(c3ccccc3F)CCCC2)c(C)c1. The number of amides is 1. The van der Waals surface area contributed by atoms with Gasteiger partial charge in [-0.3, -0.25) is 9.59 Å². The number of carbonyl (C=O) groups is 2. The molecule has 3 rings (SSSR count). The molecule has 0 saturated heterocycles. The molecule has 4 nitrogen and oxygen atoms in total. The standard InChI is InChI=1S/C24H28FNO3/c1-15-13-16(2)21(17(3)14-15)26-22(27)18(4)29-23(28)24(11-7-8-12-24)19-9-5-6-10-20(19)25/h5-6,9-10,13-14,18H,7-8,11-12H2,1-4H3,(H,26,27)/t18-/m1/s1. The van der Waals surface area contributed by atoms with Crippen LogP contribution in [0.2, 0.25) is 0 Å². The first kappa shape index (κ1) is 21.0. The Bertz CT molecular complexity index is 908. The molecule has 29 heavy (non-hydrogen) atoms. The van der Waals surface area contributed by atoms with Gasteiger partial charge in [-0.1, -0.05) is 48.7 Å². The molecule has 1 aliphatic rings. The zero-order valence-corrected chi connectivity index (χ0v) is 17.5. The van der Waals surface area contributed by atoms with E-state index in [0.717, 1.165) is 35.2 Å². The average molecular weight is 397 g/mol. The summed E-state index contributed by atoms with van der Waals surface area (Å²) in [5.41, 5.74) is 3.09. The van der Waals surface area contributed by atoms with Crippen molar-refractivity contribution in [3.8, 4) is 0 Å². The van der Waals surface area contributed by atoms with Gasteiger partial charge in [-0.05, 0) is 57.7 Å². The molecule has 154 valence electrons. The molecule has 1 fully saturated rings. The van der Waals surface area contributed by atoms with Crippen LogP contribution in [0.15, 0.2) is 36.4 Å². The van der Waals surface area contributed by atoms with Crippen molar-refractivity contribution in [2.45, 2.75) is 64.9 Å². The Balaban J connectivity index is 1.77. The molecule has 2 aromatic carbocycles. The number of rotatable bonds is 5. The van der Waals surface area contributed by atoms with Gasteiger partial charge in [0.25, 0.3) is 5.91 Å². The number of esters is 1. The van der Waals surface area contributed by atoms with Crippen LogP contribution >= 0.6 is 0 Å². The quantitative estimate of drug-likeness (QED) is 0.712. The molecular formula is C24H28FNO3. The summed E-state index contributed by atoms with van der Waals surface area (Å²) in [6.07, 6.45) is 1.72. The van der Waals surface area contributed by atoms with Crippen molar-refractivity contribution in [1.29, 1.82) is 0 Å². The molecule has 1 N–H and O–H groups in total. The number of carbonyl (C=O) groups excluding carboxylic acids is 2. The summed E-state index contributed by atoms with van der Waals surface area (Å²) in [5, 5.41) is 2.87. The van der Waals surface area contributed by atoms with Crippen molar-refractivity contribution in [3.05, 3.63) is 64.5 Å². The zero-order valence-electron chi connectivity index (χ0n) is 17.5. The smallest absolute Gasteiger partial charge is 0.317 e. The largest absolute Gasteiger partial charge is 0.452 e. The van der Waals surface area contributed by atoms with Crippen molar-refractivity contribution < 1.29 is 18.7 Å². The zero-order chi connectivity index (χ0) is 21.2. The third-order valence-electron chi connectivity index (χ3n) is 5.82. The Kier molecular flexibility index (Phi) is 6.06. The van der Waals surface area contributed by atoms with Gasteiger partial charge in [-0.25, -0.2) is 4.39 Å². The third kappa shape index (κ3) is 4.19. The van der Waals surface area contributed by atoms with Gasteiger partial charge in [-0.15, -0.1) is 0 Å². The first-order chi connectivity index (χ1) is 13.7. The van der Waals surface area contributed by atoms with E-state index in [1.165, 1.54) is 6.07 Å². The van der Waals surface area contributed by atoms with Gasteiger partial charge < -0.3 is 10.1 Å². The summed E-state index contributed by atoms with van der Waals surface area (Å²) in [7, 11) is 0. The maximum Gasteiger partial charge on any atom is 0.317 e. The fourth-order valence-electron chi connectivity index (χ4n) is 4.34.